The third-order valence-corrected chi connectivity index (χ3v) is 4.30. The molecule has 1 saturated carbocycles. The van der Waals surface area contributed by atoms with Crippen molar-refractivity contribution in [1.29, 1.82) is 0 Å². The first-order valence-electron chi connectivity index (χ1n) is 7.46. The van der Waals surface area contributed by atoms with Crippen LogP contribution >= 0.6 is 0 Å². The van der Waals surface area contributed by atoms with Gasteiger partial charge >= 0.3 is 0 Å². The number of likely N-dealkylation sites (tertiary alicyclic amines) is 1. The summed E-state index contributed by atoms with van der Waals surface area (Å²) in [6.07, 6.45) is 3.78. The average molecular weight is 274 g/mol. The van der Waals surface area contributed by atoms with Crippen LogP contribution in [0, 0.1) is 0 Å². The van der Waals surface area contributed by atoms with E-state index in [0.29, 0.717) is 38.5 Å². The molecule has 2 fully saturated rings. The van der Waals surface area contributed by atoms with Crippen LogP contribution in [0.2, 0.25) is 0 Å². The van der Waals surface area contributed by atoms with Crippen LogP contribution in [0.1, 0.15) is 36.0 Å². The minimum absolute atomic E-state index is 0.0720. The van der Waals surface area contributed by atoms with E-state index in [2.05, 4.69) is 5.32 Å². The summed E-state index contributed by atoms with van der Waals surface area (Å²) in [6, 6.07) is 9.98. The summed E-state index contributed by atoms with van der Waals surface area (Å²) in [6.45, 7) is 1.93. The van der Waals surface area contributed by atoms with Crippen LogP contribution in [0.3, 0.4) is 0 Å². The van der Waals surface area contributed by atoms with E-state index < -0.39 is 5.60 Å². The van der Waals surface area contributed by atoms with E-state index in [0.717, 1.165) is 5.56 Å². The minimum Gasteiger partial charge on any atom is -0.388 e. The number of rotatable bonds is 4. The van der Waals surface area contributed by atoms with Gasteiger partial charge in [-0.25, -0.2) is 0 Å². The minimum atomic E-state index is -0.643. The molecule has 0 radical (unpaired) electrons. The fraction of sp³-hybridized carbons (Fsp3) is 0.562. The van der Waals surface area contributed by atoms with Crippen LogP contribution in [0.4, 0.5) is 0 Å². The zero-order valence-electron chi connectivity index (χ0n) is 11.7. The van der Waals surface area contributed by atoms with Gasteiger partial charge in [0.2, 0.25) is 0 Å². The molecule has 1 aliphatic carbocycles. The molecule has 1 aromatic carbocycles. The number of nitrogens with one attached hydrogen (secondary N) is 1. The monoisotopic (exact) mass is 274 g/mol. The Labute approximate surface area is 119 Å². The molecule has 0 atom stereocenters. The molecule has 108 valence electrons. The lowest BCUT2D eigenvalue weighted by atomic mass is 9.91. The number of carbonyl (C=O) groups is 1. The highest BCUT2D eigenvalue weighted by Gasteiger charge is 2.35. The topological polar surface area (TPSA) is 52.6 Å². The number of amides is 1. The molecule has 4 heteroatoms. The largest absolute Gasteiger partial charge is 0.388 e. The number of aliphatic hydroxyl groups is 1. The lowest BCUT2D eigenvalue weighted by Crippen LogP contribution is -2.51. The Morgan fingerprint density at radius 3 is 2.50 bits per heavy atom. The Kier molecular flexibility index (Phi) is 3.76. The normalized spacial score (nSPS) is 21.8. The van der Waals surface area contributed by atoms with E-state index >= 15 is 0 Å². The zero-order valence-corrected chi connectivity index (χ0v) is 11.7. The SMILES string of the molecule is O=C(c1ccccc1)N1CCC(O)(CNC2CC2)CC1. The second kappa shape index (κ2) is 5.54. The third-order valence-electron chi connectivity index (χ3n) is 4.30. The third kappa shape index (κ3) is 3.19. The lowest BCUT2D eigenvalue weighted by Gasteiger charge is -2.38. The van der Waals surface area contributed by atoms with Gasteiger partial charge in [0.15, 0.2) is 0 Å². The van der Waals surface area contributed by atoms with Gasteiger partial charge in [0, 0.05) is 31.2 Å². The predicted octanol–water partition coefficient (Wildman–Crippen LogP) is 1.41. The van der Waals surface area contributed by atoms with Crippen molar-refractivity contribution in [3.8, 4) is 0 Å². The van der Waals surface area contributed by atoms with Crippen molar-refractivity contribution < 1.29 is 9.90 Å². The molecular weight excluding hydrogens is 252 g/mol. The summed E-state index contributed by atoms with van der Waals surface area (Å²) in [5.74, 6) is 0.0720. The van der Waals surface area contributed by atoms with E-state index in [9.17, 15) is 9.90 Å². The quantitative estimate of drug-likeness (QED) is 0.873. The summed E-state index contributed by atoms with van der Waals surface area (Å²) < 4.78 is 0. The highest BCUT2D eigenvalue weighted by atomic mass is 16.3. The van der Waals surface area contributed by atoms with E-state index in [-0.39, 0.29) is 5.91 Å². The molecule has 0 aromatic heterocycles. The van der Waals surface area contributed by atoms with Gasteiger partial charge in [-0.05, 0) is 37.8 Å². The summed E-state index contributed by atoms with van der Waals surface area (Å²) in [5, 5.41) is 13.9. The van der Waals surface area contributed by atoms with E-state index in [1.54, 1.807) is 0 Å². The van der Waals surface area contributed by atoms with Gasteiger partial charge in [-0.3, -0.25) is 4.79 Å². The molecule has 0 bridgehead atoms. The number of piperidine rings is 1. The van der Waals surface area contributed by atoms with Crippen molar-refractivity contribution in [2.24, 2.45) is 0 Å². The van der Waals surface area contributed by atoms with Crippen LogP contribution in [0.25, 0.3) is 0 Å². The van der Waals surface area contributed by atoms with Crippen LogP contribution in [0.5, 0.6) is 0 Å². The Bertz CT molecular complexity index is 463. The summed E-state index contributed by atoms with van der Waals surface area (Å²) in [7, 11) is 0. The molecule has 0 unspecified atom stereocenters. The van der Waals surface area contributed by atoms with Gasteiger partial charge in [-0.1, -0.05) is 18.2 Å². The predicted molar refractivity (Wildman–Crippen MR) is 77.6 cm³/mol. The first kappa shape index (κ1) is 13.6. The van der Waals surface area contributed by atoms with Crippen LogP contribution < -0.4 is 5.32 Å². The second-order valence-electron chi connectivity index (χ2n) is 6.04. The Hall–Kier alpha value is -1.39. The Morgan fingerprint density at radius 1 is 1.25 bits per heavy atom. The molecule has 1 aliphatic heterocycles. The molecule has 1 aromatic rings. The second-order valence-corrected chi connectivity index (χ2v) is 6.04. The van der Waals surface area contributed by atoms with Crippen molar-refractivity contribution >= 4 is 5.91 Å². The molecule has 2 aliphatic rings. The molecule has 0 spiro atoms. The van der Waals surface area contributed by atoms with Crippen LogP contribution in [-0.4, -0.2) is 47.2 Å². The number of carbonyl (C=O) groups excluding carboxylic acids is 1. The standard InChI is InChI=1S/C16H22N2O2/c19-15(13-4-2-1-3-5-13)18-10-8-16(20,9-11-18)12-17-14-6-7-14/h1-5,14,17,20H,6-12H2. The Morgan fingerprint density at radius 2 is 1.90 bits per heavy atom. The maximum atomic E-state index is 12.3. The molecular formula is C16H22N2O2. The number of benzene rings is 1. The highest BCUT2D eigenvalue weighted by molar-refractivity contribution is 5.94. The molecule has 1 saturated heterocycles. The van der Waals surface area contributed by atoms with Gasteiger partial charge < -0.3 is 15.3 Å². The van der Waals surface area contributed by atoms with Gasteiger partial charge in [-0.15, -0.1) is 0 Å². The number of nitrogens with zero attached hydrogens (tertiary/aromatic N) is 1. The molecule has 4 nitrogen and oxygen atoms in total. The van der Waals surface area contributed by atoms with Crippen molar-refractivity contribution in [3.05, 3.63) is 35.9 Å². The fourth-order valence-electron chi connectivity index (χ4n) is 2.69. The molecule has 2 N–H and O–H groups in total. The van der Waals surface area contributed by atoms with Crippen LogP contribution in [-0.2, 0) is 0 Å². The van der Waals surface area contributed by atoms with Gasteiger partial charge in [0.1, 0.15) is 0 Å². The molecule has 20 heavy (non-hydrogen) atoms. The first-order chi connectivity index (χ1) is 9.66. The Balaban J connectivity index is 1.53. The number of hydrogen-bond donors (Lipinski definition) is 2. The first-order valence-corrected chi connectivity index (χ1v) is 7.46. The lowest BCUT2D eigenvalue weighted by molar-refractivity contribution is -0.0158. The van der Waals surface area contributed by atoms with E-state index in [4.69, 9.17) is 0 Å². The van der Waals surface area contributed by atoms with Crippen molar-refractivity contribution in [3.63, 3.8) is 0 Å². The van der Waals surface area contributed by atoms with Crippen molar-refractivity contribution in [1.82, 2.24) is 10.2 Å². The maximum Gasteiger partial charge on any atom is 0.253 e. The molecule has 3 rings (SSSR count). The van der Waals surface area contributed by atoms with E-state index in [1.165, 1.54) is 12.8 Å². The fourth-order valence-corrected chi connectivity index (χ4v) is 2.69. The summed E-state index contributed by atoms with van der Waals surface area (Å²) >= 11 is 0. The van der Waals surface area contributed by atoms with Gasteiger partial charge in [0.05, 0.1) is 5.60 Å². The van der Waals surface area contributed by atoms with Crippen LogP contribution in [0.15, 0.2) is 30.3 Å². The zero-order chi connectivity index (χ0) is 14.0. The van der Waals surface area contributed by atoms with Gasteiger partial charge in [-0.2, -0.15) is 0 Å². The molecule has 1 heterocycles. The average Bonchev–Trinajstić information content (AvgIpc) is 3.31. The van der Waals surface area contributed by atoms with Crippen molar-refractivity contribution in [2.45, 2.75) is 37.3 Å². The maximum absolute atomic E-state index is 12.3. The van der Waals surface area contributed by atoms with Crippen molar-refractivity contribution in [2.75, 3.05) is 19.6 Å². The number of hydrogen-bond acceptors (Lipinski definition) is 3. The van der Waals surface area contributed by atoms with Gasteiger partial charge in [0.25, 0.3) is 5.91 Å². The highest BCUT2D eigenvalue weighted by Crippen LogP contribution is 2.25. The summed E-state index contributed by atoms with van der Waals surface area (Å²) in [5.41, 5.74) is 0.0878. The molecule has 1 amide bonds. The van der Waals surface area contributed by atoms with E-state index in [1.807, 2.05) is 35.2 Å². The summed E-state index contributed by atoms with van der Waals surface area (Å²) in [4.78, 5) is 14.2. The smallest absolute Gasteiger partial charge is 0.253 e.